The van der Waals surface area contributed by atoms with Gasteiger partial charge in [0.05, 0.1) is 0 Å². The molecule has 0 aliphatic carbocycles. The highest BCUT2D eigenvalue weighted by Gasteiger charge is 2.10. The first kappa shape index (κ1) is 16.4. The summed E-state index contributed by atoms with van der Waals surface area (Å²) < 4.78 is 5.15. The van der Waals surface area contributed by atoms with Crippen molar-refractivity contribution in [2.75, 3.05) is 5.32 Å². The largest absolute Gasteiger partial charge is 0.422 e. The number of para-hydroxylation sites is 1. The molecule has 0 atom stereocenters. The first-order valence-corrected chi connectivity index (χ1v) is 7.66. The molecule has 2 aromatic carbocycles. The van der Waals surface area contributed by atoms with E-state index in [4.69, 9.17) is 4.42 Å². The highest BCUT2D eigenvalue weighted by molar-refractivity contribution is 6.05. The number of benzene rings is 2. The smallest absolute Gasteiger partial charge is 0.347 e. The number of carbonyl (C=O) groups is 2. The molecule has 1 N–H and O–H groups in total. The molecule has 1 aromatic heterocycles. The van der Waals surface area contributed by atoms with E-state index < -0.39 is 11.4 Å². The Bertz CT molecular complexity index is 1030. The number of allylic oxidation sites excluding steroid dienone is 1. The van der Waals surface area contributed by atoms with E-state index >= 15 is 0 Å². The molecule has 0 aliphatic heterocycles. The molecule has 0 saturated heterocycles. The number of carbonyl (C=O) groups excluding carboxylic acids is 2. The van der Waals surface area contributed by atoms with Crippen molar-refractivity contribution in [1.82, 2.24) is 0 Å². The number of Topliss-reactive ketones (excluding diaryl/α,β-unsaturated/α-hetero) is 1. The molecule has 0 radical (unpaired) electrons. The van der Waals surface area contributed by atoms with Crippen LogP contribution >= 0.6 is 0 Å². The van der Waals surface area contributed by atoms with Crippen molar-refractivity contribution >= 4 is 28.2 Å². The quantitative estimate of drug-likeness (QED) is 0.436. The maximum Gasteiger partial charge on any atom is 0.347 e. The molecule has 0 amide bonds. The number of fused-ring (bicyclic) bond motifs is 1. The van der Waals surface area contributed by atoms with Gasteiger partial charge in [-0.15, -0.1) is 0 Å². The highest BCUT2D eigenvalue weighted by Crippen LogP contribution is 2.13. The number of hydrogen-bond acceptors (Lipinski definition) is 5. The first-order valence-electron chi connectivity index (χ1n) is 7.66. The molecule has 124 valence electrons. The predicted octanol–water partition coefficient (Wildman–Crippen LogP) is 3.80. The van der Waals surface area contributed by atoms with Crippen molar-refractivity contribution in [3.63, 3.8) is 0 Å². The SMILES string of the molecule is CC(=O)c1ccc(N/C=C/C(=O)c2cc3ccccc3oc2=O)cc1. The lowest BCUT2D eigenvalue weighted by Gasteiger charge is -2.02. The van der Waals surface area contributed by atoms with Gasteiger partial charge in [-0.05, 0) is 43.3 Å². The van der Waals surface area contributed by atoms with Gasteiger partial charge in [0.2, 0.25) is 0 Å². The molecule has 0 fully saturated rings. The van der Waals surface area contributed by atoms with Gasteiger partial charge in [0.1, 0.15) is 11.1 Å². The van der Waals surface area contributed by atoms with Crippen LogP contribution in [0, 0.1) is 0 Å². The first-order chi connectivity index (χ1) is 12.0. The van der Waals surface area contributed by atoms with E-state index in [0.717, 1.165) is 5.69 Å². The fraction of sp³-hybridized carbons (Fsp3) is 0.0500. The summed E-state index contributed by atoms with van der Waals surface area (Å²) in [6.07, 6.45) is 2.71. The third kappa shape index (κ3) is 3.72. The molecule has 1 heterocycles. The third-order valence-corrected chi connectivity index (χ3v) is 3.68. The van der Waals surface area contributed by atoms with Crippen LogP contribution < -0.4 is 10.9 Å². The van der Waals surface area contributed by atoms with Crippen molar-refractivity contribution in [2.24, 2.45) is 0 Å². The van der Waals surface area contributed by atoms with Gasteiger partial charge in [-0.25, -0.2) is 4.79 Å². The summed E-state index contributed by atoms with van der Waals surface area (Å²) >= 11 is 0. The Labute approximate surface area is 143 Å². The second-order valence-corrected chi connectivity index (χ2v) is 5.46. The van der Waals surface area contributed by atoms with Gasteiger partial charge in [0.15, 0.2) is 11.6 Å². The molecule has 0 bridgehead atoms. The average molecular weight is 333 g/mol. The van der Waals surface area contributed by atoms with Gasteiger partial charge in [-0.3, -0.25) is 9.59 Å². The fourth-order valence-electron chi connectivity index (χ4n) is 2.34. The molecule has 0 saturated carbocycles. The summed E-state index contributed by atoms with van der Waals surface area (Å²) in [4.78, 5) is 35.4. The van der Waals surface area contributed by atoms with Gasteiger partial charge < -0.3 is 9.73 Å². The molecule has 0 unspecified atom stereocenters. The maximum absolute atomic E-state index is 12.2. The van der Waals surface area contributed by atoms with Crippen molar-refractivity contribution in [3.8, 4) is 0 Å². The van der Waals surface area contributed by atoms with E-state index in [1.807, 2.05) is 0 Å². The standard InChI is InChI=1S/C20H15NO4/c1-13(22)14-6-8-16(9-7-14)21-11-10-18(23)17-12-15-4-2-3-5-19(15)25-20(17)24/h2-12,21H,1H3/b11-10+. The van der Waals surface area contributed by atoms with Crippen LogP contribution in [-0.2, 0) is 0 Å². The third-order valence-electron chi connectivity index (χ3n) is 3.68. The zero-order chi connectivity index (χ0) is 17.8. The number of nitrogens with one attached hydrogen (secondary N) is 1. The molecule has 5 nitrogen and oxygen atoms in total. The minimum Gasteiger partial charge on any atom is -0.422 e. The Morgan fingerprint density at radius 2 is 1.76 bits per heavy atom. The summed E-state index contributed by atoms with van der Waals surface area (Å²) in [5.41, 5.74) is 1.08. The fourth-order valence-corrected chi connectivity index (χ4v) is 2.34. The molecule has 3 rings (SSSR count). The van der Waals surface area contributed by atoms with Gasteiger partial charge in [-0.2, -0.15) is 0 Å². The van der Waals surface area contributed by atoms with Gasteiger partial charge >= 0.3 is 5.63 Å². The van der Waals surface area contributed by atoms with Gasteiger partial charge in [-0.1, -0.05) is 18.2 Å². The average Bonchev–Trinajstić information content (AvgIpc) is 2.61. The second kappa shape index (κ2) is 6.97. The summed E-state index contributed by atoms with van der Waals surface area (Å²) in [5.74, 6) is -0.465. The Hall–Kier alpha value is -3.47. The summed E-state index contributed by atoms with van der Waals surface area (Å²) in [6.45, 7) is 1.50. The van der Waals surface area contributed by atoms with Gasteiger partial charge in [0.25, 0.3) is 0 Å². The Morgan fingerprint density at radius 3 is 2.48 bits per heavy atom. The zero-order valence-corrected chi connectivity index (χ0v) is 13.5. The van der Waals surface area contributed by atoms with Gasteiger partial charge in [0, 0.05) is 28.9 Å². The molecule has 0 spiro atoms. The van der Waals surface area contributed by atoms with E-state index in [-0.39, 0.29) is 11.3 Å². The lowest BCUT2D eigenvalue weighted by atomic mass is 10.1. The Kier molecular flexibility index (Phi) is 4.57. The van der Waals surface area contributed by atoms with Crippen LogP contribution in [0.1, 0.15) is 27.6 Å². The van der Waals surface area contributed by atoms with Crippen LogP contribution in [0.4, 0.5) is 5.69 Å². The van der Waals surface area contributed by atoms with Crippen LogP contribution in [0.25, 0.3) is 11.0 Å². The normalized spacial score (nSPS) is 10.9. The van der Waals surface area contributed by atoms with E-state index in [9.17, 15) is 14.4 Å². The second-order valence-electron chi connectivity index (χ2n) is 5.46. The molecule has 5 heteroatoms. The number of rotatable bonds is 5. The van der Waals surface area contributed by atoms with Crippen molar-refractivity contribution in [1.29, 1.82) is 0 Å². The van der Waals surface area contributed by atoms with Crippen LogP contribution in [-0.4, -0.2) is 11.6 Å². The summed E-state index contributed by atoms with van der Waals surface area (Å²) in [7, 11) is 0. The number of hydrogen-bond donors (Lipinski definition) is 1. The topological polar surface area (TPSA) is 76.4 Å². The van der Waals surface area contributed by atoms with Crippen LogP contribution in [0.2, 0.25) is 0 Å². The molecule has 0 aliphatic rings. The highest BCUT2D eigenvalue weighted by atomic mass is 16.4. The predicted molar refractivity (Wildman–Crippen MR) is 96.0 cm³/mol. The zero-order valence-electron chi connectivity index (χ0n) is 13.5. The molecular weight excluding hydrogens is 318 g/mol. The molecule has 3 aromatic rings. The van der Waals surface area contributed by atoms with Crippen molar-refractivity contribution < 1.29 is 14.0 Å². The maximum atomic E-state index is 12.2. The lowest BCUT2D eigenvalue weighted by Crippen LogP contribution is -2.12. The minimum atomic E-state index is -0.667. The van der Waals surface area contributed by atoms with Crippen molar-refractivity contribution in [3.05, 3.63) is 88.4 Å². The van der Waals surface area contributed by atoms with Crippen molar-refractivity contribution in [2.45, 2.75) is 6.92 Å². The molecule has 25 heavy (non-hydrogen) atoms. The monoisotopic (exact) mass is 333 g/mol. The Balaban J connectivity index is 1.75. The Morgan fingerprint density at radius 1 is 1.04 bits per heavy atom. The van der Waals surface area contributed by atoms with Crippen LogP contribution in [0.3, 0.4) is 0 Å². The summed E-state index contributed by atoms with van der Waals surface area (Å²) in [6, 6.07) is 15.4. The van der Waals surface area contributed by atoms with E-state index in [1.165, 1.54) is 25.3 Å². The number of ketones is 2. The number of anilines is 1. The van der Waals surface area contributed by atoms with E-state index in [2.05, 4.69) is 5.32 Å². The molecular formula is C20H15NO4. The van der Waals surface area contributed by atoms with E-state index in [0.29, 0.717) is 16.5 Å². The van der Waals surface area contributed by atoms with Crippen LogP contribution in [0.5, 0.6) is 0 Å². The van der Waals surface area contributed by atoms with Crippen LogP contribution in [0.15, 0.2) is 76.1 Å². The minimum absolute atomic E-state index is 0.0136. The summed E-state index contributed by atoms with van der Waals surface area (Å²) in [5, 5.41) is 3.61. The van der Waals surface area contributed by atoms with E-state index in [1.54, 1.807) is 48.5 Å². The lowest BCUT2D eigenvalue weighted by molar-refractivity contribution is 0.101.